The van der Waals surface area contributed by atoms with Gasteiger partial charge in [0.15, 0.2) is 0 Å². The van der Waals surface area contributed by atoms with Crippen LogP contribution in [0, 0.1) is 17.1 Å². The predicted octanol–water partition coefficient (Wildman–Crippen LogP) is 6.30. The molecule has 1 fully saturated rings. The van der Waals surface area contributed by atoms with Crippen LogP contribution in [0.5, 0.6) is 0 Å². The third-order valence-corrected chi connectivity index (χ3v) is 8.20. The molecular weight excluding hydrogens is 588 g/mol. The SMILES string of the molecule is CCN1CCC(N(N)/C=C(\N)[C@@H](Nc2cc(Cl)c3ncc(C#N)c(Nc4ccc(F)c(Cl)c4)c3c2)c2cccnc2)CC1. The lowest BCUT2D eigenvalue weighted by Crippen LogP contribution is -2.46. The Labute approximate surface area is 259 Å². The van der Waals surface area contributed by atoms with E-state index < -0.39 is 11.9 Å². The lowest BCUT2D eigenvalue weighted by molar-refractivity contribution is 0.146. The fourth-order valence-electron chi connectivity index (χ4n) is 5.24. The van der Waals surface area contributed by atoms with Crippen molar-refractivity contribution >= 4 is 51.2 Å². The number of pyridine rings is 2. The first kappa shape index (κ1) is 30.3. The highest BCUT2D eigenvalue weighted by Gasteiger charge is 2.23. The lowest BCUT2D eigenvalue weighted by Gasteiger charge is -2.35. The van der Waals surface area contributed by atoms with Gasteiger partial charge < -0.3 is 26.3 Å². The Kier molecular flexibility index (Phi) is 9.48. The van der Waals surface area contributed by atoms with Crippen LogP contribution < -0.4 is 22.2 Å². The molecule has 0 saturated carbocycles. The van der Waals surface area contributed by atoms with Gasteiger partial charge in [0, 0.05) is 60.7 Å². The van der Waals surface area contributed by atoms with Crippen molar-refractivity contribution in [2.24, 2.45) is 11.6 Å². The molecule has 222 valence electrons. The smallest absolute Gasteiger partial charge is 0.141 e. The van der Waals surface area contributed by atoms with Gasteiger partial charge in [0.05, 0.1) is 38.6 Å². The second kappa shape index (κ2) is 13.4. The average molecular weight is 621 g/mol. The molecule has 4 aromatic rings. The van der Waals surface area contributed by atoms with Crippen LogP contribution in [0.15, 0.2) is 73.0 Å². The molecule has 0 unspecified atom stereocenters. The number of rotatable bonds is 9. The largest absolute Gasteiger partial charge is 0.399 e. The number of nitrogens with two attached hydrogens (primary N) is 2. The number of hydrogen-bond donors (Lipinski definition) is 4. The minimum Gasteiger partial charge on any atom is -0.399 e. The van der Waals surface area contributed by atoms with Crippen molar-refractivity contribution in [1.82, 2.24) is 19.9 Å². The van der Waals surface area contributed by atoms with E-state index in [1.807, 2.05) is 18.2 Å². The van der Waals surface area contributed by atoms with Gasteiger partial charge in [0.25, 0.3) is 0 Å². The maximum atomic E-state index is 13.8. The van der Waals surface area contributed by atoms with Gasteiger partial charge in [-0.15, -0.1) is 0 Å². The van der Waals surface area contributed by atoms with Crippen molar-refractivity contribution < 1.29 is 4.39 Å². The van der Waals surface area contributed by atoms with E-state index >= 15 is 0 Å². The lowest BCUT2D eigenvalue weighted by atomic mass is 10.0. The standard InChI is InChI=1S/C31H32Cl2FN9/c1-2-42-10-7-23(8-11-42)43(37)18-28(36)30(19-4-3-9-38-16-19)41-22-12-24-29(40-21-5-6-27(34)25(32)13-21)20(15-35)17-39-31(24)26(33)14-22/h3-6,9,12-14,16-18,23,30,41H,2,7-8,10-11,36-37H2,1H3,(H,39,40)/b28-18-/t30-/m0/s1. The fourth-order valence-corrected chi connectivity index (χ4v) is 5.69. The molecular formula is C31H32Cl2FN9. The molecule has 5 rings (SSSR count). The third kappa shape index (κ3) is 6.92. The fraction of sp³-hybridized carbons (Fsp3) is 0.258. The topological polar surface area (TPSA) is 132 Å². The predicted molar refractivity (Wildman–Crippen MR) is 170 cm³/mol. The van der Waals surface area contributed by atoms with Crippen molar-refractivity contribution in [1.29, 1.82) is 5.26 Å². The number of nitrogens with one attached hydrogen (secondary N) is 2. The van der Waals surface area contributed by atoms with Crippen molar-refractivity contribution in [2.75, 3.05) is 30.3 Å². The van der Waals surface area contributed by atoms with Gasteiger partial charge in [-0.05, 0) is 61.3 Å². The van der Waals surface area contributed by atoms with Crippen molar-refractivity contribution in [3.63, 3.8) is 0 Å². The van der Waals surface area contributed by atoms with Crippen LogP contribution >= 0.6 is 23.2 Å². The normalized spacial score (nSPS) is 15.2. The number of piperidine rings is 1. The summed E-state index contributed by atoms with van der Waals surface area (Å²) in [5.41, 5.74) is 10.4. The summed E-state index contributed by atoms with van der Waals surface area (Å²) in [5.74, 6) is 5.96. The van der Waals surface area contributed by atoms with Crippen LogP contribution in [-0.2, 0) is 0 Å². The van der Waals surface area contributed by atoms with Crippen LogP contribution in [0.1, 0.15) is 36.9 Å². The molecule has 6 N–H and O–H groups in total. The van der Waals surface area contributed by atoms with E-state index in [4.69, 9.17) is 34.8 Å². The van der Waals surface area contributed by atoms with Crippen LogP contribution in [0.2, 0.25) is 10.0 Å². The zero-order chi connectivity index (χ0) is 30.5. The summed E-state index contributed by atoms with van der Waals surface area (Å²) in [7, 11) is 0. The number of aromatic nitrogens is 2. The summed E-state index contributed by atoms with van der Waals surface area (Å²) < 4.78 is 13.8. The van der Waals surface area contributed by atoms with E-state index in [9.17, 15) is 9.65 Å². The first-order valence-electron chi connectivity index (χ1n) is 13.9. The maximum Gasteiger partial charge on any atom is 0.141 e. The number of hydrogen-bond acceptors (Lipinski definition) is 9. The summed E-state index contributed by atoms with van der Waals surface area (Å²) in [6, 6.07) is 13.4. The van der Waals surface area contributed by atoms with Gasteiger partial charge >= 0.3 is 0 Å². The Hall–Kier alpha value is -4.14. The van der Waals surface area contributed by atoms with Crippen LogP contribution in [-0.4, -0.2) is 45.6 Å². The van der Waals surface area contributed by atoms with E-state index in [2.05, 4.69) is 38.5 Å². The Morgan fingerprint density at radius 2 is 1.95 bits per heavy atom. The Bertz CT molecular complexity index is 1670. The highest BCUT2D eigenvalue weighted by Crippen LogP contribution is 2.37. The molecule has 0 aliphatic carbocycles. The molecule has 1 saturated heterocycles. The molecule has 0 bridgehead atoms. The van der Waals surface area contributed by atoms with E-state index in [1.165, 1.54) is 24.4 Å². The van der Waals surface area contributed by atoms with Gasteiger partial charge in [-0.25, -0.2) is 10.2 Å². The Morgan fingerprint density at radius 1 is 1.19 bits per heavy atom. The molecule has 2 aromatic heterocycles. The number of fused-ring (bicyclic) bond motifs is 1. The quantitative estimate of drug-likeness (QED) is 0.126. The molecule has 12 heteroatoms. The van der Waals surface area contributed by atoms with E-state index in [-0.39, 0.29) is 16.6 Å². The highest BCUT2D eigenvalue weighted by molar-refractivity contribution is 6.36. The van der Waals surface area contributed by atoms with Crippen LogP contribution in [0.4, 0.5) is 21.5 Å². The zero-order valence-electron chi connectivity index (χ0n) is 23.6. The number of likely N-dealkylation sites (tertiary alicyclic amines) is 1. The van der Waals surface area contributed by atoms with Crippen molar-refractivity contribution in [3.05, 3.63) is 99.9 Å². The van der Waals surface area contributed by atoms with Gasteiger partial charge in [-0.3, -0.25) is 9.97 Å². The zero-order valence-corrected chi connectivity index (χ0v) is 25.1. The second-order valence-electron chi connectivity index (χ2n) is 10.4. The summed E-state index contributed by atoms with van der Waals surface area (Å²) in [6.07, 6.45) is 8.54. The summed E-state index contributed by atoms with van der Waals surface area (Å²) in [6.45, 7) is 5.16. The molecule has 0 amide bonds. The number of halogens is 3. The number of benzene rings is 2. The first-order chi connectivity index (χ1) is 20.8. The molecule has 2 aromatic carbocycles. The third-order valence-electron chi connectivity index (χ3n) is 7.62. The van der Waals surface area contributed by atoms with Gasteiger partial charge in [-0.1, -0.05) is 36.2 Å². The van der Waals surface area contributed by atoms with Gasteiger partial charge in [-0.2, -0.15) is 5.26 Å². The molecule has 1 atom stereocenters. The number of hydrazine groups is 1. The average Bonchev–Trinajstić information content (AvgIpc) is 3.02. The monoisotopic (exact) mass is 619 g/mol. The van der Waals surface area contributed by atoms with Crippen LogP contribution in [0.25, 0.3) is 10.9 Å². The Morgan fingerprint density at radius 3 is 2.63 bits per heavy atom. The molecule has 3 heterocycles. The molecule has 9 nitrogen and oxygen atoms in total. The van der Waals surface area contributed by atoms with E-state index in [1.54, 1.807) is 29.7 Å². The summed E-state index contributed by atoms with van der Waals surface area (Å²) in [4.78, 5) is 11.1. The number of nitriles is 1. The molecule has 1 aliphatic heterocycles. The number of anilines is 3. The summed E-state index contributed by atoms with van der Waals surface area (Å²) in [5, 5.41) is 19.1. The molecule has 1 aliphatic rings. The minimum atomic E-state index is -0.545. The van der Waals surface area contributed by atoms with E-state index in [0.29, 0.717) is 38.7 Å². The molecule has 43 heavy (non-hydrogen) atoms. The first-order valence-corrected chi connectivity index (χ1v) is 14.7. The molecule has 0 spiro atoms. The van der Waals surface area contributed by atoms with Crippen LogP contribution in [0.3, 0.4) is 0 Å². The maximum absolute atomic E-state index is 13.8. The van der Waals surface area contributed by atoms with Gasteiger partial charge in [0.2, 0.25) is 0 Å². The second-order valence-corrected chi connectivity index (χ2v) is 11.2. The minimum absolute atomic E-state index is 0.0475. The molecule has 0 radical (unpaired) electrons. The summed E-state index contributed by atoms with van der Waals surface area (Å²) >= 11 is 12.7. The number of nitrogens with zero attached hydrogens (tertiary/aromatic N) is 5. The highest BCUT2D eigenvalue weighted by atomic mass is 35.5. The van der Waals surface area contributed by atoms with Crippen molar-refractivity contribution in [3.8, 4) is 6.07 Å². The van der Waals surface area contributed by atoms with Gasteiger partial charge in [0.1, 0.15) is 11.9 Å². The Balaban J connectivity index is 1.51. The van der Waals surface area contributed by atoms with E-state index in [0.717, 1.165) is 38.0 Å². The van der Waals surface area contributed by atoms with Crippen molar-refractivity contribution in [2.45, 2.75) is 31.8 Å².